The third-order valence-electron chi connectivity index (χ3n) is 2.78. The van der Waals surface area contributed by atoms with Crippen molar-refractivity contribution >= 4 is 6.08 Å². The maximum atomic E-state index is 9.77. The van der Waals surface area contributed by atoms with Gasteiger partial charge in [0.1, 0.15) is 0 Å². The fourth-order valence-electron chi connectivity index (χ4n) is 1.56. The van der Waals surface area contributed by atoms with Gasteiger partial charge < -0.3 is 20.3 Å². The lowest BCUT2D eigenvalue weighted by Gasteiger charge is -2.09. The molecule has 0 spiro atoms. The zero-order valence-electron chi connectivity index (χ0n) is 11.1. The summed E-state index contributed by atoms with van der Waals surface area (Å²) < 4.78 is 10.2. The summed E-state index contributed by atoms with van der Waals surface area (Å²) in [7, 11) is 3.02. The average Bonchev–Trinajstić information content (AvgIpc) is 2.39. The maximum Gasteiger partial charge on any atom is 0.200 e. The molecule has 0 fully saturated rings. The number of phenolic OH excluding ortho intramolecular Hbond substituents is 1. The highest BCUT2D eigenvalue weighted by molar-refractivity contribution is 5.61. The maximum absolute atomic E-state index is 9.77. The van der Waals surface area contributed by atoms with Crippen LogP contribution in [0.1, 0.15) is 25.3 Å². The summed E-state index contributed by atoms with van der Waals surface area (Å²) in [5.41, 5.74) is 6.74. The Kier molecular flexibility index (Phi) is 5.52. The number of rotatable bonds is 6. The van der Waals surface area contributed by atoms with Gasteiger partial charge in [0.2, 0.25) is 5.75 Å². The lowest BCUT2D eigenvalue weighted by molar-refractivity contribution is 0.340. The first-order valence-electron chi connectivity index (χ1n) is 5.99. The van der Waals surface area contributed by atoms with Crippen molar-refractivity contribution in [3.63, 3.8) is 0 Å². The van der Waals surface area contributed by atoms with Gasteiger partial charge in [-0.05, 0) is 30.5 Å². The second-order valence-electron chi connectivity index (χ2n) is 4.08. The van der Waals surface area contributed by atoms with E-state index in [4.69, 9.17) is 15.2 Å². The molecule has 3 N–H and O–H groups in total. The fraction of sp³-hybridized carbons (Fsp3) is 0.429. The van der Waals surface area contributed by atoms with Crippen molar-refractivity contribution in [1.29, 1.82) is 0 Å². The predicted molar refractivity (Wildman–Crippen MR) is 73.1 cm³/mol. The summed E-state index contributed by atoms with van der Waals surface area (Å²) in [6.07, 6.45) is 5.73. The summed E-state index contributed by atoms with van der Waals surface area (Å²) >= 11 is 0. The Labute approximate surface area is 108 Å². The molecule has 1 aromatic carbocycles. The highest BCUT2D eigenvalue weighted by atomic mass is 16.5. The van der Waals surface area contributed by atoms with Crippen molar-refractivity contribution in [3.8, 4) is 17.2 Å². The van der Waals surface area contributed by atoms with Gasteiger partial charge >= 0.3 is 0 Å². The van der Waals surface area contributed by atoms with Gasteiger partial charge in [-0.25, -0.2) is 0 Å². The van der Waals surface area contributed by atoms with E-state index in [1.807, 2.05) is 12.2 Å². The van der Waals surface area contributed by atoms with Crippen LogP contribution in [0.2, 0.25) is 0 Å². The molecular weight excluding hydrogens is 230 g/mol. The van der Waals surface area contributed by atoms with Crippen LogP contribution in [0.4, 0.5) is 0 Å². The minimum Gasteiger partial charge on any atom is -0.502 e. The Balaban J connectivity index is 2.89. The molecule has 0 amide bonds. The quantitative estimate of drug-likeness (QED) is 0.815. The van der Waals surface area contributed by atoms with E-state index in [0.717, 1.165) is 18.4 Å². The van der Waals surface area contributed by atoms with Gasteiger partial charge in [-0.1, -0.05) is 19.1 Å². The normalized spacial score (nSPS) is 12.7. The van der Waals surface area contributed by atoms with Crippen LogP contribution in [0.25, 0.3) is 6.08 Å². The second-order valence-corrected chi connectivity index (χ2v) is 4.08. The topological polar surface area (TPSA) is 64.7 Å². The van der Waals surface area contributed by atoms with E-state index in [0.29, 0.717) is 11.5 Å². The zero-order valence-corrected chi connectivity index (χ0v) is 11.1. The molecule has 0 bridgehead atoms. The third kappa shape index (κ3) is 3.67. The van der Waals surface area contributed by atoms with E-state index in [1.165, 1.54) is 14.2 Å². The fourth-order valence-corrected chi connectivity index (χ4v) is 1.56. The number of methoxy groups -OCH3 is 2. The molecule has 0 aliphatic heterocycles. The van der Waals surface area contributed by atoms with Crippen LogP contribution in [0.3, 0.4) is 0 Å². The molecule has 100 valence electrons. The van der Waals surface area contributed by atoms with Crippen molar-refractivity contribution in [2.75, 3.05) is 14.2 Å². The molecule has 0 saturated heterocycles. The summed E-state index contributed by atoms with van der Waals surface area (Å²) in [5.74, 6) is 0.810. The van der Waals surface area contributed by atoms with E-state index < -0.39 is 0 Å². The van der Waals surface area contributed by atoms with Crippen LogP contribution in [0, 0.1) is 0 Å². The van der Waals surface area contributed by atoms with Gasteiger partial charge in [-0.2, -0.15) is 0 Å². The van der Waals surface area contributed by atoms with Gasteiger partial charge in [-0.3, -0.25) is 0 Å². The van der Waals surface area contributed by atoms with Crippen LogP contribution < -0.4 is 15.2 Å². The summed E-state index contributed by atoms with van der Waals surface area (Å²) in [6, 6.07) is 3.69. The molecule has 1 atom stereocenters. The van der Waals surface area contributed by atoms with E-state index in [9.17, 15) is 5.11 Å². The minimum atomic E-state index is 0.0161. The van der Waals surface area contributed by atoms with Gasteiger partial charge in [0.15, 0.2) is 11.5 Å². The van der Waals surface area contributed by atoms with Crippen molar-refractivity contribution in [3.05, 3.63) is 23.8 Å². The predicted octanol–water partition coefficient (Wildman–Crippen LogP) is 2.55. The Hall–Kier alpha value is -1.68. The Bertz CT molecular complexity index is 390. The van der Waals surface area contributed by atoms with Crippen molar-refractivity contribution in [1.82, 2.24) is 0 Å². The molecule has 1 unspecified atom stereocenters. The average molecular weight is 251 g/mol. The first-order valence-corrected chi connectivity index (χ1v) is 5.99. The Morgan fingerprint density at radius 3 is 2.28 bits per heavy atom. The van der Waals surface area contributed by atoms with Crippen molar-refractivity contribution in [2.24, 2.45) is 5.73 Å². The lowest BCUT2D eigenvalue weighted by Crippen LogP contribution is -2.16. The van der Waals surface area contributed by atoms with Gasteiger partial charge in [0.05, 0.1) is 14.2 Å². The van der Waals surface area contributed by atoms with Gasteiger partial charge in [0, 0.05) is 6.04 Å². The van der Waals surface area contributed by atoms with E-state index in [-0.39, 0.29) is 11.8 Å². The van der Waals surface area contributed by atoms with E-state index in [2.05, 4.69) is 6.92 Å². The number of benzene rings is 1. The van der Waals surface area contributed by atoms with Gasteiger partial charge in [0.25, 0.3) is 0 Å². The molecule has 1 rings (SSSR count). The monoisotopic (exact) mass is 251 g/mol. The van der Waals surface area contributed by atoms with Crippen LogP contribution in [0.5, 0.6) is 17.2 Å². The highest BCUT2D eigenvalue weighted by Crippen LogP contribution is 2.37. The number of phenols is 1. The molecule has 0 heterocycles. The molecule has 1 aromatic rings. The smallest absolute Gasteiger partial charge is 0.200 e. The number of aromatic hydroxyl groups is 1. The number of ether oxygens (including phenoxy) is 2. The number of hydrogen-bond donors (Lipinski definition) is 2. The zero-order chi connectivity index (χ0) is 13.5. The molecule has 4 nitrogen and oxygen atoms in total. The molecule has 0 radical (unpaired) electrons. The summed E-state index contributed by atoms with van der Waals surface area (Å²) in [4.78, 5) is 0. The lowest BCUT2D eigenvalue weighted by atomic mass is 10.1. The number of hydrogen-bond acceptors (Lipinski definition) is 4. The minimum absolute atomic E-state index is 0.0161. The summed E-state index contributed by atoms with van der Waals surface area (Å²) in [6.45, 7) is 2.06. The van der Waals surface area contributed by atoms with Crippen molar-refractivity contribution in [2.45, 2.75) is 25.8 Å². The molecule has 0 aliphatic rings. The SMILES string of the molecule is CCC(N)C/C=C/c1cc(OC)c(O)c(OC)c1. The van der Waals surface area contributed by atoms with Crippen LogP contribution in [-0.2, 0) is 0 Å². The third-order valence-corrected chi connectivity index (χ3v) is 2.78. The molecule has 18 heavy (non-hydrogen) atoms. The molecule has 0 aromatic heterocycles. The van der Waals surface area contributed by atoms with Crippen molar-refractivity contribution < 1.29 is 14.6 Å². The molecular formula is C14H21NO3. The van der Waals surface area contributed by atoms with E-state index >= 15 is 0 Å². The van der Waals surface area contributed by atoms with Gasteiger partial charge in [-0.15, -0.1) is 0 Å². The molecule has 0 saturated carbocycles. The second kappa shape index (κ2) is 6.91. The van der Waals surface area contributed by atoms with Crippen LogP contribution in [0.15, 0.2) is 18.2 Å². The first-order chi connectivity index (χ1) is 8.62. The largest absolute Gasteiger partial charge is 0.502 e. The standard InChI is InChI=1S/C14H21NO3/c1-4-11(15)7-5-6-10-8-12(17-2)14(16)13(9-10)18-3/h5-6,8-9,11,16H,4,7,15H2,1-3H3/b6-5+. The highest BCUT2D eigenvalue weighted by Gasteiger charge is 2.09. The number of nitrogens with two attached hydrogens (primary N) is 1. The first kappa shape index (κ1) is 14.4. The Morgan fingerprint density at radius 2 is 1.83 bits per heavy atom. The summed E-state index contributed by atoms with van der Waals surface area (Å²) in [5, 5.41) is 9.77. The van der Waals surface area contributed by atoms with Crippen LogP contribution in [-0.4, -0.2) is 25.4 Å². The van der Waals surface area contributed by atoms with E-state index in [1.54, 1.807) is 12.1 Å². The molecule has 0 aliphatic carbocycles. The molecule has 4 heteroatoms. The van der Waals surface area contributed by atoms with Crippen LogP contribution >= 0.6 is 0 Å². The Morgan fingerprint density at radius 1 is 1.28 bits per heavy atom.